The maximum Gasteiger partial charge on any atom is 0.320 e. The highest BCUT2D eigenvalue weighted by atomic mass is 35.5. The average molecular weight is 292 g/mol. The molecule has 2 aliphatic rings. The molecule has 1 unspecified atom stereocenters. The van der Waals surface area contributed by atoms with E-state index in [1.165, 1.54) is 38.5 Å². The molecule has 0 aromatic carbocycles. The van der Waals surface area contributed by atoms with Gasteiger partial charge >= 0.3 is 5.97 Å². The Morgan fingerprint density at radius 2 is 1.79 bits per heavy atom. The normalized spacial score (nSPS) is 25.8. The van der Waals surface area contributed by atoms with Gasteiger partial charge in [-0.2, -0.15) is 0 Å². The minimum Gasteiger partial charge on any atom is -0.480 e. The van der Waals surface area contributed by atoms with Gasteiger partial charge < -0.3 is 9.84 Å². The molecule has 1 heterocycles. The second-order valence-electron chi connectivity index (χ2n) is 5.52. The van der Waals surface area contributed by atoms with Gasteiger partial charge in [0.1, 0.15) is 6.04 Å². The lowest BCUT2D eigenvalue weighted by Gasteiger charge is -2.22. The van der Waals surface area contributed by atoms with Crippen LogP contribution in [0.5, 0.6) is 0 Å². The fourth-order valence-corrected chi connectivity index (χ4v) is 3.12. The summed E-state index contributed by atoms with van der Waals surface area (Å²) in [5, 5.41) is 9.09. The number of likely N-dealkylation sites (tertiary alicyclic amines) is 1. The van der Waals surface area contributed by atoms with E-state index in [1.54, 1.807) is 0 Å². The molecule has 1 aliphatic heterocycles. The van der Waals surface area contributed by atoms with Crippen molar-refractivity contribution in [3.05, 3.63) is 0 Å². The van der Waals surface area contributed by atoms with Gasteiger partial charge in [-0.1, -0.05) is 25.7 Å². The van der Waals surface area contributed by atoms with E-state index in [2.05, 4.69) is 4.90 Å². The van der Waals surface area contributed by atoms with Crippen molar-refractivity contribution in [3.8, 4) is 0 Å². The standard InChI is InChI=1S/C14H25NO3.ClH/c16-14(17)13-8-5-9-15(13)10-11-18-12-6-3-1-2-4-7-12;/h12-13H,1-11H2,(H,16,17);1H. The molecule has 1 N–H and O–H groups in total. The smallest absolute Gasteiger partial charge is 0.320 e. The van der Waals surface area contributed by atoms with Gasteiger partial charge in [-0.3, -0.25) is 9.69 Å². The number of ether oxygens (including phenoxy) is 1. The van der Waals surface area contributed by atoms with Gasteiger partial charge in [-0.05, 0) is 32.2 Å². The number of carboxylic acids is 1. The van der Waals surface area contributed by atoms with Crippen molar-refractivity contribution in [2.24, 2.45) is 0 Å². The molecule has 0 spiro atoms. The van der Waals surface area contributed by atoms with Crippen LogP contribution in [0.15, 0.2) is 0 Å². The number of halogens is 1. The van der Waals surface area contributed by atoms with Gasteiger partial charge in [0.05, 0.1) is 12.7 Å². The van der Waals surface area contributed by atoms with Crippen molar-refractivity contribution in [2.45, 2.75) is 63.5 Å². The maximum atomic E-state index is 11.0. The molecular formula is C14H26ClNO3. The van der Waals surface area contributed by atoms with Crippen LogP contribution in [0.3, 0.4) is 0 Å². The molecule has 0 bridgehead atoms. The summed E-state index contributed by atoms with van der Waals surface area (Å²) in [5.41, 5.74) is 0. The summed E-state index contributed by atoms with van der Waals surface area (Å²) in [7, 11) is 0. The Bertz CT molecular complexity index is 267. The monoisotopic (exact) mass is 291 g/mol. The summed E-state index contributed by atoms with van der Waals surface area (Å²) in [4.78, 5) is 13.1. The van der Waals surface area contributed by atoms with Crippen LogP contribution < -0.4 is 0 Å². The Morgan fingerprint density at radius 1 is 1.11 bits per heavy atom. The molecular weight excluding hydrogens is 266 g/mol. The van der Waals surface area contributed by atoms with Crippen molar-refractivity contribution in [2.75, 3.05) is 19.7 Å². The molecule has 19 heavy (non-hydrogen) atoms. The van der Waals surface area contributed by atoms with Crippen molar-refractivity contribution in [1.29, 1.82) is 0 Å². The van der Waals surface area contributed by atoms with Gasteiger partial charge in [0.25, 0.3) is 0 Å². The van der Waals surface area contributed by atoms with Gasteiger partial charge in [-0.15, -0.1) is 12.4 Å². The molecule has 4 nitrogen and oxygen atoms in total. The van der Waals surface area contributed by atoms with Crippen LogP contribution in [-0.4, -0.2) is 47.8 Å². The first-order chi connectivity index (χ1) is 8.77. The molecule has 2 fully saturated rings. The summed E-state index contributed by atoms with van der Waals surface area (Å²) in [6.07, 6.45) is 9.82. The molecule has 1 aliphatic carbocycles. The van der Waals surface area contributed by atoms with Gasteiger partial charge in [0.2, 0.25) is 0 Å². The summed E-state index contributed by atoms with van der Waals surface area (Å²) in [6, 6.07) is -0.275. The second kappa shape index (κ2) is 8.77. The number of nitrogens with zero attached hydrogens (tertiary/aromatic N) is 1. The van der Waals surface area contributed by atoms with E-state index < -0.39 is 5.97 Å². The molecule has 1 saturated carbocycles. The Morgan fingerprint density at radius 3 is 2.42 bits per heavy atom. The average Bonchev–Trinajstić information content (AvgIpc) is 2.66. The van der Waals surface area contributed by atoms with Gasteiger partial charge in [0, 0.05) is 6.54 Å². The lowest BCUT2D eigenvalue weighted by Crippen LogP contribution is -2.38. The molecule has 5 heteroatoms. The van der Waals surface area contributed by atoms with Crippen molar-refractivity contribution >= 4 is 18.4 Å². The van der Waals surface area contributed by atoms with Crippen LogP contribution >= 0.6 is 12.4 Å². The minimum absolute atomic E-state index is 0. The highest BCUT2D eigenvalue weighted by Crippen LogP contribution is 2.20. The predicted molar refractivity (Wildman–Crippen MR) is 76.9 cm³/mol. The van der Waals surface area contributed by atoms with E-state index in [9.17, 15) is 4.79 Å². The summed E-state index contributed by atoms with van der Waals surface area (Å²) < 4.78 is 5.92. The number of rotatable bonds is 5. The number of carbonyl (C=O) groups is 1. The highest BCUT2D eigenvalue weighted by Gasteiger charge is 2.30. The summed E-state index contributed by atoms with van der Waals surface area (Å²) in [6.45, 7) is 2.37. The van der Waals surface area contributed by atoms with E-state index in [0.717, 1.165) is 25.9 Å². The van der Waals surface area contributed by atoms with Crippen molar-refractivity contribution < 1.29 is 14.6 Å². The van der Waals surface area contributed by atoms with Crippen LogP contribution in [0.1, 0.15) is 51.4 Å². The zero-order valence-electron chi connectivity index (χ0n) is 11.6. The number of carboxylic acid groups (broad SMARTS) is 1. The van der Waals surface area contributed by atoms with Crippen LogP contribution in [0, 0.1) is 0 Å². The lowest BCUT2D eigenvalue weighted by molar-refractivity contribution is -0.142. The van der Waals surface area contributed by atoms with E-state index in [1.807, 2.05) is 0 Å². The third-order valence-electron chi connectivity index (χ3n) is 4.18. The molecule has 1 saturated heterocycles. The van der Waals surface area contributed by atoms with Crippen molar-refractivity contribution in [3.63, 3.8) is 0 Å². The van der Waals surface area contributed by atoms with Crippen LogP contribution in [0.4, 0.5) is 0 Å². The highest BCUT2D eigenvalue weighted by molar-refractivity contribution is 5.85. The fraction of sp³-hybridized carbons (Fsp3) is 0.929. The summed E-state index contributed by atoms with van der Waals surface area (Å²) >= 11 is 0. The molecule has 0 radical (unpaired) electrons. The third-order valence-corrected chi connectivity index (χ3v) is 4.18. The molecule has 0 aromatic rings. The topological polar surface area (TPSA) is 49.8 Å². The molecule has 2 rings (SSSR count). The van der Waals surface area contributed by atoms with Crippen molar-refractivity contribution in [1.82, 2.24) is 4.90 Å². The number of aliphatic carboxylic acids is 1. The zero-order valence-corrected chi connectivity index (χ0v) is 12.4. The number of hydrogen-bond donors (Lipinski definition) is 1. The van der Waals surface area contributed by atoms with E-state index >= 15 is 0 Å². The zero-order chi connectivity index (χ0) is 12.8. The van der Waals surface area contributed by atoms with Crippen LogP contribution in [-0.2, 0) is 9.53 Å². The van der Waals surface area contributed by atoms with Gasteiger partial charge in [-0.25, -0.2) is 0 Å². The number of hydrogen-bond acceptors (Lipinski definition) is 3. The fourth-order valence-electron chi connectivity index (χ4n) is 3.12. The Hall–Kier alpha value is -0.320. The molecule has 112 valence electrons. The SMILES string of the molecule is Cl.O=C(O)C1CCCN1CCOC1CCCCCC1. The molecule has 0 amide bonds. The largest absolute Gasteiger partial charge is 0.480 e. The quantitative estimate of drug-likeness (QED) is 0.791. The minimum atomic E-state index is -0.679. The Labute approximate surface area is 121 Å². The van der Waals surface area contributed by atoms with E-state index in [4.69, 9.17) is 9.84 Å². The first kappa shape index (κ1) is 16.7. The van der Waals surface area contributed by atoms with E-state index in [-0.39, 0.29) is 18.4 Å². The first-order valence-corrected chi connectivity index (χ1v) is 7.36. The van der Waals surface area contributed by atoms with E-state index in [0.29, 0.717) is 12.7 Å². The lowest BCUT2D eigenvalue weighted by atomic mass is 10.1. The second-order valence-corrected chi connectivity index (χ2v) is 5.52. The molecule has 0 aromatic heterocycles. The Balaban J connectivity index is 0.00000180. The third kappa shape index (κ3) is 5.28. The molecule has 1 atom stereocenters. The first-order valence-electron chi connectivity index (χ1n) is 7.36. The summed E-state index contributed by atoms with van der Waals surface area (Å²) in [5.74, 6) is -0.679. The predicted octanol–water partition coefficient (Wildman–Crippen LogP) is 2.70. The Kier molecular flexibility index (Phi) is 7.73. The maximum absolute atomic E-state index is 11.0. The van der Waals surface area contributed by atoms with Crippen LogP contribution in [0.25, 0.3) is 0 Å². The van der Waals surface area contributed by atoms with Gasteiger partial charge in [0.15, 0.2) is 0 Å². The van der Waals surface area contributed by atoms with Crippen LogP contribution in [0.2, 0.25) is 0 Å².